The van der Waals surface area contributed by atoms with E-state index in [-0.39, 0.29) is 12.1 Å². The molecular formula is C12H20N4O2. The van der Waals surface area contributed by atoms with Gasteiger partial charge < -0.3 is 20.5 Å². The predicted octanol–water partition coefficient (Wildman–Crippen LogP) is 1.18. The van der Waals surface area contributed by atoms with Crippen LogP contribution in [-0.2, 0) is 16.1 Å². The Morgan fingerprint density at radius 3 is 3.11 bits per heavy atom. The van der Waals surface area contributed by atoms with E-state index in [9.17, 15) is 0 Å². The molecule has 0 saturated carbocycles. The molecule has 6 heteroatoms. The first-order chi connectivity index (χ1) is 8.69. The number of hydrogen-bond acceptors (Lipinski definition) is 6. The van der Waals surface area contributed by atoms with Gasteiger partial charge in [-0.3, -0.25) is 0 Å². The van der Waals surface area contributed by atoms with E-state index in [4.69, 9.17) is 15.2 Å². The number of methoxy groups -OCH3 is 1. The molecule has 1 aliphatic heterocycles. The van der Waals surface area contributed by atoms with Gasteiger partial charge in [-0.1, -0.05) is 0 Å². The highest BCUT2D eigenvalue weighted by Gasteiger charge is 2.22. The molecule has 100 valence electrons. The second-order valence-electron chi connectivity index (χ2n) is 4.51. The molecule has 2 heterocycles. The van der Waals surface area contributed by atoms with Gasteiger partial charge in [0.2, 0.25) is 0 Å². The Hall–Kier alpha value is -1.40. The van der Waals surface area contributed by atoms with Crippen LogP contribution in [-0.4, -0.2) is 35.8 Å². The smallest absolute Gasteiger partial charge is 0.158 e. The highest BCUT2D eigenvalue weighted by atomic mass is 16.5. The van der Waals surface area contributed by atoms with Crippen LogP contribution in [0.2, 0.25) is 0 Å². The zero-order chi connectivity index (χ0) is 13.0. The summed E-state index contributed by atoms with van der Waals surface area (Å²) < 4.78 is 10.6. The maximum absolute atomic E-state index is 5.74. The molecule has 2 rings (SSSR count). The zero-order valence-corrected chi connectivity index (χ0v) is 10.8. The largest absolute Gasteiger partial charge is 0.384 e. The molecule has 6 nitrogen and oxygen atoms in total. The number of ether oxygens (including phenoxy) is 2. The summed E-state index contributed by atoms with van der Waals surface area (Å²) in [5.41, 5.74) is 5.74. The Bertz CT molecular complexity index is 394. The van der Waals surface area contributed by atoms with Gasteiger partial charge in [-0.15, -0.1) is 0 Å². The first-order valence-electron chi connectivity index (χ1n) is 6.19. The van der Waals surface area contributed by atoms with Crippen LogP contribution in [0.1, 0.15) is 25.6 Å². The van der Waals surface area contributed by atoms with Crippen LogP contribution in [0.5, 0.6) is 0 Å². The summed E-state index contributed by atoms with van der Waals surface area (Å²) in [6, 6.07) is 1.93. The molecule has 1 aromatic rings. The van der Waals surface area contributed by atoms with Crippen LogP contribution >= 0.6 is 0 Å². The topological polar surface area (TPSA) is 82.3 Å². The summed E-state index contributed by atoms with van der Waals surface area (Å²) in [6.45, 7) is 3.29. The van der Waals surface area contributed by atoms with Crippen molar-refractivity contribution in [2.24, 2.45) is 0 Å². The van der Waals surface area contributed by atoms with Gasteiger partial charge in [-0.25, -0.2) is 9.97 Å². The molecule has 0 radical (unpaired) electrons. The van der Waals surface area contributed by atoms with Crippen LogP contribution in [0.25, 0.3) is 0 Å². The molecule has 0 amide bonds. The van der Waals surface area contributed by atoms with E-state index in [0.29, 0.717) is 18.2 Å². The lowest BCUT2D eigenvalue weighted by Gasteiger charge is -2.20. The first-order valence-corrected chi connectivity index (χ1v) is 6.19. The molecule has 0 bridgehead atoms. The zero-order valence-electron chi connectivity index (χ0n) is 10.8. The minimum atomic E-state index is 0.206. The fourth-order valence-electron chi connectivity index (χ4n) is 2.11. The number of nitrogens with zero attached hydrogens (tertiary/aromatic N) is 2. The Kier molecular flexibility index (Phi) is 4.33. The van der Waals surface area contributed by atoms with Crippen LogP contribution in [0, 0.1) is 0 Å². The summed E-state index contributed by atoms with van der Waals surface area (Å²) in [4.78, 5) is 8.45. The first kappa shape index (κ1) is 13.0. The van der Waals surface area contributed by atoms with E-state index in [2.05, 4.69) is 22.2 Å². The quantitative estimate of drug-likeness (QED) is 0.819. The van der Waals surface area contributed by atoms with Crippen molar-refractivity contribution in [2.45, 2.75) is 38.5 Å². The Morgan fingerprint density at radius 2 is 2.44 bits per heavy atom. The third-order valence-electron chi connectivity index (χ3n) is 2.96. The van der Waals surface area contributed by atoms with E-state index in [1.165, 1.54) is 0 Å². The monoisotopic (exact) mass is 252 g/mol. The van der Waals surface area contributed by atoms with Gasteiger partial charge in [0.1, 0.15) is 18.2 Å². The molecule has 1 aliphatic rings. The van der Waals surface area contributed by atoms with Gasteiger partial charge in [0.05, 0.1) is 12.1 Å². The molecule has 0 aliphatic carbocycles. The maximum Gasteiger partial charge on any atom is 0.158 e. The molecule has 3 N–H and O–H groups in total. The summed E-state index contributed by atoms with van der Waals surface area (Å²) >= 11 is 0. The molecule has 2 atom stereocenters. The molecule has 0 spiro atoms. The standard InChI is InChI=1S/C12H20N4O2/c1-8(9-4-3-5-18-9)14-11-6-10(13)15-12(16-11)7-17-2/h6,8-9H,3-5,7H2,1-2H3,(H3,13,14,15,16). The van der Waals surface area contributed by atoms with Gasteiger partial charge in [-0.05, 0) is 19.8 Å². The Balaban J connectivity index is 2.03. The van der Waals surface area contributed by atoms with Gasteiger partial charge in [-0.2, -0.15) is 0 Å². The van der Waals surface area contributed by atoms with Crippen LogP contribution in [0.4, 0.5) is 11.6 Å². The van der Waals surface area contributed by atoms with E-state index in [1.54, 1.807) is 13.2 Å². The van der Waals surface area contributed by atoms with Crippen molar-refractivity contribution in [1.82, 2.24) is 9.97 Å². The SMILES string of the molecule is COCc1nc(N)cc(NC(C)C2CCCO2)n1. The summed E-state index contributed by atoms with van der Waals surface area (Å²) in [6.07, 6.45) is 2.45. The van der Waals surface area contributed by atoms with Gasteiger partial charge >= 0.3 is 0 Å². The lowest BCUT2D eigenvalue weighted by molar-refractivity contribution is 0.0995. The average molecular weight is 252 g/mol. The van der Waals surface area contributed by atoms with Gasteiger partial charge in [0.25, 0.3) is 0 Å². The molecule has 2 unspecified atom stereocenters. The number of aromatic nitrogens is 2. The lowest BCUT2D eigenvalue weighted by atomic mass is 10.1. The fourth-order valence-corrected chi connectivity index (χ4v) is 2.11. The van der Waals surface area contributed by atoms with Crippen LogP contribution in [0.15, 0.2) is 6.07 Å². The fraction of sp³-hybridized carbons (Fsp3) is 0.667. The molecule has 1 aromatic heterocycles. The van der Waals surface area contributed by atoms with Crippen molar-refractivity contribution in [1.29, 1.82) is 0 Å². The Morgan fingerprint density at radius 1 is 1.61 bits per heavy atom. The number of hydrogen-bond donors (Lipinski definition) is 2. The van der Waals surface area contributed by atoms with E-state index >= 15 is 0 Å². The van der Waals surface area contributed by atoms with Crippen molar-refractivity contribution in [3.8, 4) is 0 Å². The lowest BCUT2D eigenvalue weighted by Crippen LogP contribution is -2.30. The summed E-state index contributed by atoms with van der Waals surface area (Å²) in [5.74, 6) is 1.75. The third-order valence-corrected chi connectivity index (χ3v) is 2.96. The highest BCUT2D eigenvalue weighted by Crippen LogP contribution is 2.19. The van der Waals surface area contributed by atoms with Crippen molar-refractivity contribution in [3.05, 3.63) is 11.9 Å². The van der Waals surface area contributed by atoms with Crippen LogP contribution in [0.3, 0.4) is 0 Å². The second-order valence-corrected chi connectivity index (χ2v) is 4.51. The molecule has 1 saturated heterocycles. The molecule has 1 fully saturated rings. The van der Waals surface area contributed by atoms with Crippen molar-refractivity contribution in [2.75, 3.05) is 24.8 Å². The summed E-state index contributed by atoms with van der Waals surface area (Å²) in [5, 5.41) is 3.31. The van der Waals surface area contributed by atoms with Crippen LogP contribution < -0.4 is 11.1 Å². The van der Waals surface area contributed by atoms with Crippen molar-refractivity contribution < 1.29 is 9.47 Å². The second kappa shape index (κ2) is 5.97. The maximum atomic E-state index is 5.74. The third kappa shape index (κ3) is 3.30. The molecular weight excluding hydrogens is 232 g/mol. The minimum Gasteiger partial charge on any atom is -0.384 e. The normalized spacial score (nSPS) is 20.9. The average Bonchev–Trinajstić information content (AvgIpc) is 2.81. The van der Waals surface area contributed by atoms with Crippen molar-refractivity contribution in [3.63, 3.8) is 0 Å². The molecule has 18 heavy (non-hydrogen) atoms. The summed E-state index contributed by atoms with van der Waals surface area (Å²) in [7, 11) is 1.61. The highest BCUT2D eigenvalue weighted by molar-refractivity contribution is 5.45. The minimum absolute atomic E-state index is 0.206. The van der Waals surface area contributed by atoms with E-state index < -0.39 is 0 Å². The Labute approximate surface area is 107 Å². The van der Waals surface area contributed by atoms with E-state index in [0.717, 1.165) is 25.3 Å². The van der Waals surface area contributed by atoms with Crippen molar-refractivity contribution >= 4 is 11.6 Å². The number of rotatable bonds is 5. The molecule has 0 aromatic carbocycles. The number of nitrogens with two attached hydrogens (primary N) is 1. The number of nitrogens with one attached hydrogen (secondary N) is 1. The van der Waals surface area contributed by atoms with Gasteiger partial charge in [0.15, 0.2) is 5.82 Å². The van der Waals surface area contributed by atoms with E-state index in [1.807, 2.05) is 0 Å². The van der Waals surface area contributed by atoms with Gasteiger partial charge in [0, 0.05) is 19.8 Å². The number of anilines is 2. The predicted molar refractivity (Wildman–Crippen MR) is 69.2 cm³/mol. The number of nitrogen functional groups attached to an aromatic ring is 1.